The highest BCUT2D eigenvalue weighted by Crippen LogP contribution is 2.32. The zero-order chi connectivity index (χ0) is 25.4. The summed E-state index contributed by atoms with van der Waals surface area (Å²) in [7, 11) is 0. The number of carbonyl (C=O) groups excluding carboxylic acids is 2. The van der Waals surface area contributed by atoms with Crippen LogP contribution in [0.2, 0.25) is 0 Å². The number of ether oxygens (including phenoxy) is 1. The van der Waals surface area contributed by atoms with Gasteiger partial charge in [-0.1, -0.05) is 41.6 Å². The van der Waals surface area contributed by atoms with Gasteiger partial charge in [0.15, 0.2) is 6.61 Å². The Balaban J connectivity index is 1.67. The lowest BCUT2D eigenvalue weighted by Gasteiger charge is -2.18. The Bertz CT molecular complexity index is 1180. The molecule has 0 bridgehead atoms. The van der Waals surface area contributed by atoms with Gasteiger partial charge in [-0.15, -0.1) is 11.8 Å². The molecular formula is C24H22F3N3O4S. The number of aromatic nitrogens is 1. The van der Waals surface area contributed by atoms with Gasteiger partial charge >= 0.3 is 12.1 Å². The van der Waals surface area contributed by atoms with Crippen molar-refractivity contribution in [3.05, 3.63) is 82.7 Å². The van der Waals surface area contributed by atoms with Gasteiger partial charge in [-0.05, 0) is 37.6 Å². The smallest absolute Gasteiger partial charge is 0.416 e. The van der Waals surface area contributed by atoms with Gasteiger partial charge in [0.1, 0.15) is 5.76 Å². The Morgan fingerprint density at radius 2 is 1.89 bits per heavy atom. The molecule has 0 unspecified atom stereocenters. The van der Waals surface area contributed by atoms with E-state index in [0.29, 0.717) is 17.1 Å². The monoisotopic (exact) mass is 505 g/mol. The number of esters is 1. The Labute approximate surface area is 203 Å². The van der Waals surface area contributed by atoms with Gasteiger partial charge in [0.25, 0.3) is 5.91 Å². The molecule has 35 heavy (non-hydrogen) atoms. The minimum absolute atomic E-state index is 0.0335. The van der Waals surface area contributed by atoms with Gasteiger partial charge in [0.05, 0.1) is 28.9 Å². The van der Waals surface area contributed by atoms with Crippen molar-refractivity contribution in [2.75, 3.05) is 17.4 Å². The van der Waals surface area contributed by atoms with E-state index in [1.807, 2.05) is 0 Å². The van der Waals surface area contributed by atoms with E-state index in [0.717, 1.165) is 28.4 Å². The van der Waals surface area contributed by atoms with Crippen LogP contribution < -0.4 is 5.01 Å². The van der Waals surface area contributed by atoms with Crippen LogP contribution in [0.15, 0.2) is 64.2 Å². The molecule has 1 aromatic heterocycles. The molecule has 0 aliphatic rings. The summed E-state index contributed by atoms with van der Waals surface area (Å²) in [6.07, 6.45) is -3.27. The number of hydrogen-bond donors (Lipinski definition) is 0. The minimum Gasteiger partial charge on any atom is -0.455 e. The molecule has 3 rings (SSSR count). The second-order valence-corrected chi connectivity index (χ2v) is 8.35. The minimum atomic E-state index is -4.60. The maximum absolute atomic E-state index is 13.2. The van der Waals surface area contributed by atoms with E-state index in [1.165, 1.54) is 30.1 Å². The van der Waals surface area contributed by atoms with Gasteiger partial charge in [0.2, 0.25) is 0 Å². The van der Waals surface area contributed by atoms with E-state index >= 15 is 0 Å². The third kappa shape index (κ3) is 7.44. The van der Waals surface area contributed by atoms with Crippen molar-refractivity contribution in [1.82, 2.24) is 5.16 Å². The molecule has 0 radical (unpaired) electrons. The molecule has 3 aromatic rings. The van der Waals surface area contributed by atoms with Crippen LogP contribution in [0.5, 0.6) is 0 Å². The summed E-state index contributed by atoms with van der Waals surface area (Å²) in [5.74, 6) is -0.353. The fraction of sp³-hybridized carbons (Fsp3) is 0.250. The first-order chi connectivity index (χ1) is 16.6. The van der Waals surface area contributed by atoms with Crippen LogP contribution in [0.3, 0.4) is 0 Å². The zero-order valence-corrected chi connectivity index (χ0v) is 19.7. The molecule has 11 heteroatoms. The number of rotatable bonds is 9. The van der Waals surface area contributed by atoms with Gasteiger partial charge in [-0.25, -0.2) is 0 Å². The second kappa shape index (κ2) is 11.7. The highest BCUT2D eigenvalue weighted by atomic mass is 32.2. The molecule has 0 spiro atoms. The number of anilines is 1. The second-order valence-electron chi connectivity index (χ2n) is 7.37. The molecule has 0 atom stereocenters. The van der Waals surface area contributed by atoms with Crippen molar-refractivity contribution in [3.63, 3.8) is 0 Å². The van der Waals surface area contributed by atoms with E-state index in [-0.39, 0.29) is 11.4 Å². The van der Waals surface area contributed by atoms with E-state index in [4.69, 9.17) is 9.26 Å². The van der Waals surface area contributed by atoms with Gasteiger partial charge < -0.3 is 9.26 Å². The van der Waals surface area contributed by atoms with Gasteiger partial charge in [-0.2, -0.15) is 23.3 Å². The number of carbonyl (C=O) groups is 2. The molecule has 184 valence electrons. The predicted octanol–water partition coefficient (Wildman–Crippen LogP) is 5.15. The molecule has 2 aromatic carbocycles. The third-order valence-corrected chi connectivity index (χ3v) is 5.71. The lowest BCUT2D eigenvalue weighted by molar-refractivity contribution is -0.145. The third-order valence-electron chi connectivity index (χ3n) is 4.78. The van der Waals surface area contributed by atoms with E-state index in [2.05, 4.69) is 10.3 Å². The Morgan fingerprint density at radius 3 is 2.54 bits per heavy atom. The first-order valence-corrected chi connectivity index (χ1v) is 11.5. The summed E-state index contributed by atoms with van der Waals surface area (Å²) < 4.78 is 49.7. The molecule has 0 saturated heterocycles. The fourth-order valence-electron chi connectivity index (χ4n) is 2.94. The van der Waals surface area contributed by atoms with Crippen molar-refractivity contribution in [2.45, 2.75) is 25.8 Å². The summed E-state index contributed by atoms with van der Waals surface area (Å²) in [6, 6.07) is 12.9. The highest BCUT2D eigenvalue weighted by Gasteiger charge is 2.31. The lowest BCUT2D eigenvalue weighted by atomic mass is 10.2. The number of benzene rings is 2. The van der Waals surface area contributed by atoms with Crippen LogP contribution in [0.1, 0.15) is 28.1 Å². The number of halogens is 3. The average Bonchev–Trinajstić information content (AvgIpc) is 3.15. The Kier molecular flexibility index (Phi) is 8.69. The maximum atomic E-state index is 13.2. The SMILES string of the molecule is Cc1noc(C)c1CSCC(=O)OCC(=O)N(/N=C\c1ccccc1)c1cccc(C(F)(F)F)c1. The highest BCUT2D eigenvalue weighted by molar-refractivity contribution is 7.99. The normalized spacial score (nSPS) is 11.6. The number of hydrogen-bond acceptors (Lipinski definition) is 7. The van der Waals surface area contributed by atoms with Crippen LogP contribution in [-0.4, -0.2) is 35.6 Å². The summed E-state index contributed by atoms with van der Waals surface area (Å²) in [6.45, 7) is 2.88. The van der Waals surface area contributed by atoms with E-state index in [1.54, 1.807) is 44.2 Å². The first kappa shape index (κ1) is 26.0. The van der Waals surface area contributed by atoms with Gasteiger partial charge in [0, 0.05) is 11.3 Å². The van der Waals surface area contributed by atoms with Crippen molar-refractivity contribution >= 4 is 35.5 Å². The van der Waals surface area contributed by atoms with Crippen molar-refractivity contribution < 1.29 is 32.0 Å². The van der Waals surface area contributed by atoms with E-state index in [9.17, 15) is 22.8 Å². The van der Waals surface area contributed by atoms with Crippen molar-refractivity contribution in [2.24, 2.45) is 5.10 Å². The van der Waals surface area contributed by atoms with Crippen LogP contribution >= 0.6 is 11.8 Å². The average molecular weight is 506 g/mol. The molecule has 0 fully saturated rings. The number of aryl methyl sites for hydroxylation is 2. The van der Waals surface area contributed by atoms with Crippen LogP contribution in [0.25, 0.3) is 0 Å². The maximum Gasteiger partial charge on any atom is 0.416 e. The fourth-order valence-corrected chi connectivity index (χ4v) is 3.91. The number of hydrazone groups is 1. The lowest BCUT2D eigenvalue weighted by Crippen LogP contribution is -2.31. The Hall–Kier alpha value is -3.60. The van der Waals surface area contributed by atoms with E-state index < -0.39 is 30.2 Å². The first-order valence-electron chi connectivity index (χ1n) is 10.4. The standard InChI is InChI=1S/C24H22F3N3O4S/c1-16-21(17(2)34-29-16)14-35-15-23(32)33-13-22(31)30(28-12-18-7-4-3-5-8-18)20-10-6-9-19(11-20)24(25,26)27/h3-12H,13-15H2,1-2H3/b28-12-. The molecule has 0 N–H and O–H groups in total. The number of alkyl halides is 3. The van der Waals surface area contributed by atoms with Crippen LogP contribution in [-0.2, 0) is 26.3 Å². The molecule has 0 saturated carbocycles. The molecule has 0 aliphatic heterocycles. The summed E-state index contributed by atoms with van der Waals surface area (Å²) in [5.41, 5.74) is 1.19. The molecule has 7 nitrogen and oxygen atoms in total. The summed E-state index contributed by atoms with van der Waals surface area (Å²) in [5, 5.41) is 8.69. The summed E-state index contributed by atoms with van der Waals surface area (Å²) in [4.78, 5) is 24.9. The molecule has 1 amide bonds. The van der Waals surface area contributed by atoms with Crippen LogP contribution in [0, 0.1) is 13.8 Å². The quantitative estimate of drug-likeness (QED) is 0.227. The Morgan fingerprint density at radius 1 is 1.14 bits per heavy atom. The number of nitrogens with zero attached hydrogens (tertiary/aromatic N) is 3. The zero-order valence-electron chi connectivity index (χ0n) is 18.9. The van der Waals surface area contributed by atoms with Crippen molar-refractivity contribution in [1.29, 1.82) is 0 Å². The predicted molar refractivity (Wildman–Crippen MR) is 126 cm³/mol. The van der Waals surface area contributed by atoms with Gasteiger partial charge in [-0.3, -0.25) is 9.59 Å². The number of thioether (sulfide) groups is 1. The van der Waals surface area contributed by atoms with Crippen molar-refractivity contribution in [3.8, 4) is 0 Å². The number of amides is 1. The molecule has 0 aliphatic carbocycles. The van der Waals surface area contributed by atoms with Crippen LogP contribution in [0.4, 0.5) is 18.9 Å². The molecular weight excluding hydrogens is 483 g/mol. The topological polar surface area (TPSA) is 85.0 Å². The largest absolute Gasteiger partial charge is 0.455 e. The summed E-state index contributed by atoms with van der Waals surface area (Å²) >= 11 is 1.26. The molecule has 1 heterocycles.